The minimum absolute atomic E-state index is 0.0505. The molecule has 0 N–H and O–H groups in total. The van der Waals surface area contributed by atoms with Crippen molar-refractivity contribution in [1.29, 1.82) is 0 Å². The lowest BCUT2D eigenvalue weighted by molar-refractivity contribution is -0.136. The molecule has 1 aromatic carbocycles. The fraction of sp³-hybridized carbons (Fsp3) is 0.400. The second-order valence-electron chi connectivity index (χ2n) is 4.93. The quantitative estimate of drug-likeness (QED) is 0.812. The molecule has 2 rings (SSSR count). The van der Waals surface area contributed by atoms with E-state index < -0.39 is 17.8 Å². The van der Waals surface area contributed by atoms with Crippen molar-refractivity contribution in [2.24, 2.45) is 0 Å². The van der Waals surface area contributed by atoms with Crippen LogP contribution in [-0.2, 0) is 11.0 Å². The summed E-state index contributed by atoms with van der Waals surface area (Å²) in [5.74, 6) is -0.0505. The third-order valence-corrected chi connectivity index (χ3v) is 3.55. The summed E-state index contributed by atoms with van der Waals surface area (Å²) in [5, 5.41) is 0.150. The van der Waals surface area contributed by atoms with Crippen LogP contribution in [0.2, 0.25) is 0 Å². The van der Waals surface area contributed by atoms with Crippen molar-refractivity contribution in [3.05, 3.63) is 35.5 Å². The molecule has 0 saturated heterocycles. The first kappa shape index (κ1) is 14.6. The van der Waals surface area contributed by atoms with Crippen LogP contribution in [0.25, 0.3) is 10.9 Å². The van der Waals surface area contributed by atoms with Crippen molar-refractivity contribution >= 4 is 16.7 Å². The van der Waals surface area contributed by atoms with E-state index in [-0.39, 0.29) is 11.2 Å². The first-order valence-electron chi connectivity index (χ1n) is 6.45. The minimum atomic E-state index is -4.39. The van der Waals surface area contributed by atoms with Crippen LogP contribution >= 0.6 is 0 Å². The Labute approximate surface area is 115 Å². The summed E-state index contributed by atoms with van der Waals surface area (Å²) in [5.41, 5.74) is 0.466. The smallest absolute Gasteiger partial charge is 0.334 e. The number of hydrogen-bond acceptors (Lipinski definition) is 1. The number of fused-ring (bicyclic) bond motifs is 1. The van der Waals surface area contributed by atoms with Crippen molar-refractivity contribution in [2.45, 2.75) is 39.4 Å². The molecular formula is C15H16F3NO. The third kappa shape index (κ3) is 2.32. The fourth-order valence-electron chi connectivity index (χ4n) is 2.70. The van der Waals surface area contributed by atoms with Gasteiger partial charge in [-0.1, -0.05) is 13.0 Å². The predicted molar refractivity (Wildman–Crippen MR) is 71.7 cm³/mol. The molecule has 1 aromatic heterocycles. The standard InChI is InChI=1S/C15H16F3NO/c1-4-13(10(3)20)19-9(2)8-11-12(15(16,17)18)6-5-7-14(11)19/h5-8,13H,4H2,1-3H3. The molecule has 0 fully saturated rings. The molecule has 0 saturated carbocycles. The predicted octanol–water partition coefficient (Wildman–Crippen LogP) is 4.51. The number of carbonyl (C=O) groups is 1. The highest BCUT2D eigenvalue weighted by atomic mass is 19.4. The van der Waals surface area contributed by atoms with E-state index in [1.165, 1.54) is 19.1 Å². The second kappa shape index (κ2) is 4.96. The summed E-state index contributed by atoms with van der Waals surface area (Å²) in [6.45, 7) is 5.05. The lowest BCUT2D eigenvalue weighted by Crippen LogP contribution is -2.17. The molecule has 0 amide bonds. The van der Waals surface area contributed by atoms with Gasteiger partial charge in [0.2, 0.25) is 0 Å². The highest BCUT2D eigenvalue weighted by Gasteiger charge is 2.33. The van der Waals surface area contributed by atoms with Crippen LogP contribution in [0.4, 0.5) is 13.2 Å². The van der Waals surface area contributed by atoms with Crippen LogP contribution in [0.15, 0.2) is 24.3 Å². The minimum Gasteiger partial charge on any atom is -0.334 e. The van der Waals surface area contributed by atoms with Crippen molar-refractivity contribution in [2.75, 3.05) is 0 Å². The Bertz CT molecular complexity index is 655. The maximum Gasteiger partial charge on any atom is 0.417 e. The first-order chi connectivity index (χ1) is 9.27. The Hall–Kier alpha value is -1.78. The van der Waals surface area contributed by atoms with Gasteiger partial charge in [0.25, 0.3) is 0 Å². The summed E-state index contributed by atoms with van der Waals surface area (Å²) in [4.78, 5) is 11.7. The highest BCUT2D eigenvalue weighted by molar-refractivity contribution is 5.88. The third-order valence-electron chi connectivity index (χ3n) is 3.55. The molecule has 5 heteroatoms. The Morgan fingerprint density at radius 3 is 2.50 bits per heavy atom. The van der Waals surface area contributed by atoms with Crippen LogP contribution < -0.4 is 0 Å². The largest absolute Gasteiger partial charge is 0.417 e. The SMILES string of the molecule is CCC(C(C)=O)n1c(C)cc2c(C(F)(F)F)cccc21. The number of alkyl halides is 3. The van der Waals surface area contributed by atoms with E-state index in [0.717, 1.165) is 6.07 Å². The number of halogens is 3. The van der Waals surface area contributed by atoms with E-state index in [1.807, 2.05) is 6.92 Å². The van der Waals surface area contributed by atoms with Crippen LogP contribution in [0.3, 0.4) is 0 Å². The molecule has 0 aliphatic carbocycles. The first-order valence-corrected chi connectivity index (χ1v) is 6.45. The van der Waals surface area contributed by atoms with Crippen molar-refractivity contribution in [3.63, 3.8) is 0 Å². The molecular weight excluding hydrogens is 267 g/mol. The van der Waals surface area contributed by atoms with Crippen molar-refractivity contribution in [3.8, 4) is 0 Å². The van der Waals surface area contributed by atoms with Gasteiger partial charge in [0.15, 0.2) is 5.78 Å². The second-order valence-corrected chi connectivity index (χ2v) is 4.93. The number of carbonyl (C=O) groups excluding carboxylic acids is 1. The molecule has 1 heterocycles. The Morgan fingerprint density at radius 1 is 1.35 bits per heavy atom. The van der Waals surface area contributed by atoms with Crippen molar-refractivity contribution < 1.29 is 18.0 Å². The summed E-state index contributed by atoms with van der Waals surface area (Å²) in [6.07, 6.45) is -3.84. The molecule has 0 spiro atoms. The Kier molecular flexibility index (Phi) is 3.63. The number of aryl methyl sites for hydroxylation is 1. The molecule has 1 unspecified atom stereocenters. The molecule has 2 nitrogen and oxygen atoms in total. The van der Waals surface area contributed by atoms with Crippen LogP contribution in [-0.4, -0.2) is 10.4 Å². The van der Waals surface area contributed by atoms with Crippen LogP contribution in [0, 0.1) is 6.92 Å². The molecule has 0 aliphatic rings. The number of benzene rings is 1. The van der Waals surface area contributed by atoms with Gasteiger partial charge in [-0.15, -0.1) is 0 Å². The van der Waals surface area contributed by atoms with Crippen molar-refractivity contribution in [1.82, 2.24) is 4.57 Å². The van der Waals surface area contributed by atoms with E-state index >= 15 is 0 Å². The normalized spacial score (nSPS) is 13.7. The van der Waals surface area contributed by atoms with Crippen LogP contribution in [0.5, 0.6) is 0 Å². The van der Waals surface area contributed by atoms with E-state index in [0.29, 0.717) is 17.6 Å². The Balaban J connectivity index is 2.76. The summed E-state index contributed by atoms with van der Waals surface area (Å²) in [7, 11) is 0. The van der Waals surface area contributed by atoms with E-state index in [2.05, 4.69) is 0 Å². The molecule has 108 valence electrons. The van der Waals surface area contributed by atoms with Gasteiger partial charge in [-0.2, -0.15) is 13.2 Å². The Morgan fingerprint density at radius 2 is 2.00 bits per heavy atom. The maximum absolute atomic E-state index is 13.0. The number of rotatable bonds is 3. The summed E-state index contributed by atoms with van der Waals surface area (Å²) in [6, 6.07) is 5.16. The van der Waals surface area contributed by atoms with Gasteiger partial charge in [0, 0.05) is 16.6 Å². The lowest BCUT2D eigenvalue weighted by Gasteiger charge is -2.18. The number of ketones is 1. The van der Waals surface area contributed by atoms with Gasteiger partial charge in [-0.05, 0) is 38.5 Å². The molecule has 0 radical (unpaired) electrons. The molecule has 1 atom stereocenters. The van der Waals surface area contributed by atoms with Gasteiger partial charge < -0.3 is 4.57 Å². The van der Waals surface area contributed by atoms with E-state index in [1.54, 1.807) is 17.6 Å². The van der Waals surface area contributed by atoms with Gasteiger partial charge >= 0.3 is 6.18 Å². The lowest BCUT2D eigenvalue weighted by atomic mass is 10.1. The average Bonchev–Trinajstić information content (AvgIpc) is 2.65. The highest BCUT2D eigenvalue weighted by Crippen LogP contribution is 2.37. The summed E-state index contributed by atoms with van der Waals surface area (Å²) >= 11 is 0. The maximum atomic E-state index is 13.0. The number of hydrogen-bond donors (Lipinski definition) is 0. The zero-order valence-electron chi connectivity index (χ0n) is 11.6. The topological polar surface area (TPSA) is 22.0 Å². The van der Waals surface area contributed by atoms with E-state index in [4.69, 9.17) is 0 Å². The van der Waals surface area contributed by atoms with E-state index in [9.17, 15) is 18.0 Å². The van der Waals surface area contributed by atoms with Gasteiger partial charge in [-0.3, -0.25) is 4.79 Å². The molecule has 2 aromatic rings. The van der Waals surface area contributed by atoms with Crippen LogP contribution in [0.1, 0.15) is 37.6 Å². The number of Topliss-reactive ketones (excluding diaryl/α,β-unsaturated/α-hetero) is 1. The zero-order valence-corrected chi connectivity index (χ0v) is 11.6. The monoisotopic (exact) mass is 283 g/mol. The molecule has 0 aliphatic heterocycles. The zero-order chi connectivity index (χ0) is 15.1. The van der Waals surface area contributed by atoms with Gasteiger partial charge in [-0.25, -0.2) is 0 Å². The average molecular weight is 283 g/mol. The van der Waals surface area contributed by atoms with Gasteiger partial charge in [0.05, 0.1) is 11.6 Å². The number of aromatic nitrogens is 1. The fourth-order valence-corrected chi connectivity index (χ4v) is 2.70. The molecule has 20 heavy (non-hydrogen) atoms. The summed E-state index contributed by atoms with van der Waals surface area (Å²) < 4.78 is 40.8. The molecule has 0 bridgehead atoms. The number of nitrogens with zero attached hydrogens (tertiary/aromatic N) is 1. The van der Waals surface area contributed by atoms with Gasteiger partial charge in [0.1, 0.15) is 0 Å².